The van der Waals surface area contributed by atoms with Gasteiger partial charge in [-0.05, 0) is 31.2 Å². The highest BCUT2D eigenvalue weighted by Crippen LogP contribution is 2.21. The Hall–Kier alpha value is -2.93. The lowest BCUT2D eigenvalue weighted by Gasteiger charge is -2.20. The summed E-state index contributed by atoms with van der Waals surface area (Å²) in [6, 6.07) is 10.1. The second-order valence-electron chi connectivity index (χ2n) is 5.87. The van der Waals surface area contributed by atoms with Gasteiger partial charge in [0, 0.05) is 25.1 Å². The molecule has 7 heteroatoms. The summed E-state index contributed by atoms with van der Waals surface area (Å²) in [6.45, 7) is 0.608. The molecule has 7 nitrogen and oxygen atoms in total. The van der Waals surface area contributed by atoms with Crippen LogP contribution in [0.5, 0.6) is 0 Å². The standard InChI is InChI=1S/C17H18N4O3/c18-11-14(10-13-3-6-15(7-4-13)21(23)24)5-8-17(22)20-9-1-2-16(20)12-19/h3-4,6-7,14,16H,1-2,5,8-10H2. The van der Waals surface area contributed by atoms with Crippen molar-refractivity contribution in [3.05, 3.63) is 39.9 Å². The van der Waals surface area contributed by atoms with E-state index >= 15 is 0 Å². The van der Waals surface area contributed by atoms with Crippen LogP contribution < -0.4 is 0 Å². The van der Waals surface area contributed by atoms with Crippen molar-refractivity contribution in [1.82, 2.24) is 4.90 Å². The molecule has 1 aromatic carbocycles. The summed E-state index contributed by atoms with van der Waals surface area (Å²) in [5, 5.41) is 28.9. The van der Waals surface area contributed by atoms with E-state index in [4.69, 9.17) is 5.26 Å². The Kier molecular flexibility index (Phi) is 5.86. The van der Waals surface area contributed by atoms with Crippen LogP contribution in [0.3, 0.4) is 0 Å². The number of carbonyl (C=O) groups is 1. The monoisotopic (exact) mass is 326 g/mol. The Bertz CT molecular complexity index is 687. The van der Waals surface area contributed by atoms with Crippen LogP contribution in [0.15, 0.2) is 24.3 Å². The predicted molar refractivity (Wildman–Crippen MR) is 85.5 cm³/mol. The van der Waals surface area contributed by atoms with Gasteiger partial charge in [0.2, 0.25) is 5.91 Å². The number of nitro groups is 1. The Morgan fingerprint density at radius 1 is 1.38 bits per heavy atom. The van der Waals surface area contributed by atoms with Crippen LogP contribution in [0.25, 0.3) is 0 Å². The van der Waals surface area contributed by atoms with Gasteiger partial charge in [-0.25, -0.2) is 0 Å². The maximum absolute atomic E-state index is 12.2. The van der Waals surface area contributed by atoms with Gasteiger partial charge in [-0.1, -0.05) is 12.1 Å². The van der Waals surface area contributed by atoms with Crippen LogP contribution >= 0.6 is 0 Å². The van der Waals surface area contributed by atoms with Gasteiger partial charge in [0.1, 0.15) is 6.04 Å². The van der Waals surface area contributed by atoms with Gasteiger partial charge >= 0.3 is 0 Å². The number of amides is 1. The maximum Gasteiger partial charge on any atom is 0.269 e. The average Bonchev–Trinajstić information content (AvgIpc) is 3.07. The molecule has 1 saturated heterocycles. The Morgan fingerprint density at radius 2 is 2.08 bits per heavy atom. The molecule has 2 unspecified atom stereocenters. The summed E-state index contributed by atoms with van der Waals surface area (Å²) in [4.78, 5) is 24.0. The van der Waals surface area contributed by atoms with Crippen molar-refractivity contribution in [2.24, 2.45) is 5.92 Å². The van der Waals surface area contributed by atoms with Crippen molar-refractivity contribution in [3.8, 4) is 12.1 Å². The van der Waals surface area contributed by atoms with E-state index in [9.17, 15) is 20.2 Å². The number of nitriles is 2. The summed E-state index contributed by atoms with van der Waals surface area (Å²) >= 11 is 0. The Morgan fingerprint density at radius 3 is 2.67 bits per heavy atom. The minimum Gasteiger partial charge on any atom is -0.327 e. The van der Waals surface area contributed by atoms with E-state index in [1.54, 1.807) is 17.0 Å². The minimum atomic E-state index is -0.466. The molecule has 1 amide bonds. The maximum atomic E-state index is 12.2. The molecule has 0 aromatic heterocycles. The van der Waals surface area contributed by atoms with Crippen molar-refractivity contribution in [2.75, 3.05) is 6.54 Å². The van der Waals surface area contributed by atoms with Crippen LogP contribution in [0.1, 0.15) is 31.2 Å². The number of rotatable bonds is 6. The number of benzene rings is 1. The van der Waals surface area contributed by atoms with Gasteiger partial charge in [0.25, 0.3) is 5.69 Å². The number of hydrogen-bond donors (Lipinski definition) is 0. The Labute approximate surface area is 140 Å². The van der Waals surface area contributed by atoms with Crippen LogP contribution in [-0.2, 0) is 11.2 Å². The first-order valence-corrected chi connectivity index (χ1v) is 7.87. The quantitative estimate of drug-likeness (QED) is 0.589. The third kappa shape index (κ3) is 4.30. The lowest BCUT2D eigenvalue weighted by molar-refractivity contribution is -0.384. The number of non-ortho nitro benzene ring substituents is 1. The summed E-state index contributed by atoms with van der Waals surface area (Å²) in [5.41, 5.74) is 0.842. The van der Waals surface area contributed by atoms with Crippen molar-refractivity contribution in [1.29, 1.82) is 10.5 Å². The fourth-order valence-corrected chi connectivity index (χ4v) is 2.89. The molecule has 0 bridgehead atoms. The van der Waals surface area contributed by atoms with Crippen LogP contribution in [0.2, 0.25) is 0 Å². The molecule has 1 aliphatic heterocycles. The van der Waals surface area contributed by atoms with Gasteiger partial charge in [0.15, 0.2) is 0 Å². The van der Waals surface area contributed by atoms with Crippen LogP contribution in [-0.4, -0.2) is 28.3 Å². The first-order valence-electron chi connectivity index (χ1n) is 7.87. The zero-order chi connectivity index (χ0) is 17.5. The van der Waals surface area contributed by atoms with Gasteiger partial charge < -0.3 is 4.90 Å². The molecule has 1 aliphatic rings. The molecule has 0 radical (unpaired) electrons. The molecule has 24 heavy (non-hydrogen) atoms. The predicted octanol–water partition coefficient (Wildman–Crippen LogP) is 2.57. The highest BCUT2D eigenvalue weighted by molar-refractivity contribution is 5.77. The number of likely N-dealkylation sites (tertiary alicyclic amines) is 1. The summed E-state index contributed by atoms with van der Waals surface area (Å²) in [5.74, 6) is -0.415. The summed E-state index contributed by atoms with van der Waals surface area (Å²) < 4.78 is 0. The van der Waals surface area contributed by atoms with E-state index in [0.717, 1.165) is 12.0 Å². The van der Waals surface area contributed by atoms with E-state index in [-0.39, 0.29) is 30.0 Å². The second-order valence-corrected chi connectivity index (χ2v) is 5.87. The smallest absolute Gasteiger partial charge is 0.269 e. The Balaban J connectivity index is 1.88. The van der Waals surface area contributed by atoms with Gasteiger partial charge in [-0.15, -0.1) is 0 Å². The first-order chi connectivity index (χ1) is 11.5. The van der Waals surface area contributed by atoms with E-state index in [2.05, 4.69) is 12.1 Å². The topological polar surface area (TPSA) is 111 Å². The molecule has 2 atom stereocenters. The molecule has 0 spiro atoms. The van der Waals surface area contributed by atoms with Crippen molar-refractivity contribution in [3.63, 3.8) is 0 Å². The van der Waals surface area contributed by atoms with Gasteiger partial charge in [-0.3, -0.25) is 14.9 Å². The van der Waals surface area contributed by atoms with Crippen LogP contribution in [0.4, 0.5) is 5.69 Å². The molecule has 2 rings (SSSR count). The molecule has 0 aliphatic carbocycles. The fraction of sp³-hybridized carbons (Fsp3) is 0.471. The average molecular weight is 326 g/mol. The lowest BCUT2D eigenvalue weighted by atomic mass is 9.95. The number of nitrogens with zero attached hydrogens (tertiary/aromatic N) is 4. The molecule has 0 saturated carbocycles. The van der Waals surface area contributed by atoms with E-state index in [1.165, 1.54) is 12.1 Å². The minimum absolute atomic E-state index is 0.0130. The van der Waals surface area contributed by atoms with Crippen molar-refractivity contribution in [2.45, 2.75) is 38.1 Å². The van der Waals surface area contributed by atoms with E-state index in [0.29, 0.717) is 25.8 Å². The lowest BCUT2D eigenvalue weighted by Crippen LogP contribution is -2.34. The molecule has 1 aromatic rings. The van der Waals surface area contributed by atoms with Crippen molar-refractivity contribution < 1.29 is 9.72 Å². The molecule has 124 valence electrons. The largest absolute Gasteiger partial charge is 0.327 e. The fourth-order valence-electron chi connectivity index (χ4n) is 2.89. The van der Waals surface area contributed by atoms with Crippen molar-refractivity contribution >= 4 is 11.6 Å². The third-order valence-corrected chi connectivity index (χ3v) is 4.24. The SMILES string of the molecule is N#CC(CCC(=O)N1CCCC1C#N)Cc1ccc([N+](=O)[O-])cc1. The zero-order valence-electron chi connectivity index (χ0n) is 13.2. The van der Waals surface area contributed by atoms with E-state index < -0.39 is 4.92 Å². The molecular weight excluding hydrogens is 308 g/mol. The molecule has 1 heterocycles. The van der Waals surface area contributed by atoms with Gasteiger partial charge in [0.05, 0.1) is 23.0 Å². The highest BCUT2D eigenvalue weighted by atomic mass is 16.6. The van der Waals surface area contributed by atoms with Gasteiger partial charge in [-0.2, -0.15) is 10.5 Å². The summed E-state index contributed by atoms with van der Waals surface area (Å²) in [7, 11) is 0. The molecule has 0 N–H and O–H groups in total. The number of carbonyl (C=O) groups excluding carboxylic acids is 1. The highest BCUT2D eigenvalue weighted by Gasteiger charge is 2.28. The summed E-state index contributed by atoms with van der Waals surface area (Å²) in [6.07, 6.45) is 2.66. The number of nitro benzene ring substituents is 1. The number of hydrogen-bond acceptors (Lipinski definition) is 5. The third-order valence-electron chi connectivity index (χ3n) is 4.24. The molecular formula is C17H18N4O3. The zero-order valence-corrected chi connectivity index (χ0v) is 13.2. The van der Waals surface area contributed by atoms with E-state index in [1.807, 2.05) is 0 Å². The normalized spacial score (nSPS) is 17.8. The first kappa shape index (κ1) is 17.4. The second kappa shape index (κ2) is 8.07. The van der Waals surface area contributed by atoms with Crippen LogP contribution in [0, 0.1) is 38.7 Å². The molecule has 1 fully saturated rings.